The molecule has 0 bridgehead atoms. The summed E-state index contributed by atoms with van der Waals surface area (Å²) in [5.74, 6) is 0.225. The van der Waals surface area contributed by atoms with Gasteiger partial charge in [-0.1, -0.05) is 19.3 Å². The van der Waals surface area contributed by atoms with E-state index in [2.05, 4.69) is 4.99 Å². The van der Waals surface area contributed by atoms with Gasteiger partial charge in [-0.3, -0.25) is 4.79 Å². The topological polar surface area (TPSA) is 84.7 Å². The van der Waals surface area contributed by atoms with Gasteiger partial charge >= 0.3 is 0 Å². The number of likely N-dealkylation sites (tertiary alicyclic amines) is 1. The van der Waals surface area contributed by atoms with Gasteiger partial charge in [-0.2, -0.15) is 0 Å². The molecule has 96 valence electrons. The largest absolute Gasteiger partial charge is 0.370 e. The number of amides is 1. The molecule has 0 aromatic rings. The molecule has 1 saturated heterocycles. The number of rotatable bonds is 2. The maximum atomic E-state index is 11.3. The van der Waals surface area contributed by atoms with Crippen LogP contribution in [0.5, 0.6) is 0 Å². The van der Waals surface area contributed by atoms with E-state index in [4.69, 9.17) is 11.5 Å². The zero-order valence-electron chi connectivity index (χ0n) is 10.3. The van der Waals surface area contributed by atoms with Crippen LogP contribution >= 0.6 is 0 Å². The summed E-state index contributed by atoms with van der Waals surface area (Å²) in [7, 11) is 0. The standard InChI is InChI=1S/C12H22N4O/c13-11(17)10-7-4-8-16(10)12(14)15-9-5-2-1-3-6-9/h9-10H,1-8H2,(H2,13,17)(H2,14,15). The molecular formula is C12H22N4O. The zero-order chi connectivity index (χ0) is 12.3. The minimum absolute atomic E-state index is 0.248. The molecule has 1 amide bonds. The molecular weight excluding hydrogens is 216 g/mol. The second kappa shape index (κ2) is 5.38. The smallest absolute Gasteiger partial charge is 0.240 e. The van der Waals surface area contributed by atoms with Gasteiger partial charge < -0.3 is 16.4 Å². The molecule has 4 N–H and O–H groups in total. The number of hydrogen-bond donors (Lipinski definition) is 2. The number of aliphatic imine (C=N–C) groups is 1. The van der Waals surface area contributed by atoms with Gasteiger partial charge in [0.2, 0.25) is 5.91 Å². The third kappa shape index (κ3) is 2.90. The summed E-state index contributed by atoms with van der Waals surface area (Å²) in [6.07, 6.45) is 7.79. The molecule has 0 aromatic carbocycles. The molecule has 1 aliphatic heterocycles. The molecule has 2 rings (SSSR count). The summed E-state index contributed by atoms with van der Waals surface area (Å²) < 4.78 is 0. The third-order valence-electron chi connectivity index (χ3n) is 3.77. The first-order chi connectivity index (χ1) is 8.18. The second-order valence-electron chi connectivity index (χ2n) is 5.03. The van der Waals surface area contributed by atoms with Gasteiger partial charge in [0, 0.05) is 6.54 Å². The summed E-state index contributed by atoms with van der Waals surface area (Å²) >= 11 is 0. The Morgan fingerprint density at radius 2 is 1.76 bits per heavy atom. The van der Waals surface area contributed by atoms with Crippen LogP contribution in [0.3, 0.4) is 0 Å². The van der Waals surface area contributed by atoms with Gasteiger partial charge in [-0.05, 0) is 25.7 Å². The third-order valence-corrected chi connectivity index (χ3v) is 3.77. The maximum absolute atomic E-state index is 11.3. The molecule has 2 fully saturated rings. The average molecular weight is 238 g/mol. The molecule has 1 heterocycles. The van der Waals surface area contributed by atoms with Crippen molar-refractivity contribution >= 4 is 11.9 Å². The molecule has 5 heteroatoms. The van der Waals surface area contributed by atoms with Crippen molar-refractivity contribution in [3.05, 3.63) is 0 Å². The summed E-state index contributed by atoms with van der Waals surface area (Å²) in [5.41, 5.74) is 11.4. The Morgan fingerprint density at radius 3 is 2.41 bits per heavy atom. The van der Waals surface area contributed by atoms with Crippen LogP contribution in [-0.4, -0.2) is 35.4 Å². The summed E-state index contributed by atoms with van der Waals surface area (Å²) in [6.45, 7) is 0.801. The van der Waals surface area contributed by atoms with Crippen LogP contribution in [0.1, 0.15) is 44.9 Å². The maximum Gasteiger partial charge on any atom is 0.240 e. The Balaban J connectivity index is 1.99. The normalized spacial score (nSPS) is 27.4. The van der Waals surface area contributed by atoms with Crippen LogP contribution in [-0.2, 0) is 4.79 Å². The highest BCUT2D eigenvalue weighted by atomic mass is 16.1. The van der Waals surface area contributed by atoms with E-state index in [9.17, 15) is 4.79 Å². The first kappa shape index (κ1) is 12.2. The van der Waals surface area contributed by atoms with E-state index in [0.29, 0.717) is 12.0 Å². The molecule has 0 spiro atoms. The first-order valence-electron chi connectivity index (χ1n) is 6.57. The molecule has 1 aliphatic carbocycles. The number of guanidine groups is 1. The molecule has 5 nitrogen and oxygen atoms in total. The Bertz CT molecular complexity index is 310. The van der Waals surface area contributed by atoms with Gasteiger partial charge in [0.05, 0.1) is 6.04 Å². The van der Waals surface area contributed by atoms with Crippen molar-refractivity contribution in [2.75, 3.05) is 6.54 Å². The van der Waals surface area contributed by atoms with Crippen molar-refractivity contribution in [2.45, 2.75) is 57.0 Å². The quantitative estimate of drug-likeness (QED) is 0.545. The molecule has 1 atom stereocenters. The van der Waals surface area contributed by atoms with E-state index in [-0.39, 0.29) is 11.9 Å². The lowest BCUT2D eigenvalue weighted by Crippen LogP contribution is -2.47. The van der Waals surface area contributed by atoms with E-state index in [1.165, 1.54) is 19.3 Å². The van der Waals surface area contributed by atoms with Crippen molar-refractivity contribution in [2.24, 2.45) is 16.5 Å². The Hall–Kier alpha value is -1.26. The minimum Gasteiger partial charge on any atom is -0.370 e. The van der Waals surface area contributed by atoms with Crippen LogP contribution in [0.2, 0.25) is 0 Å². The predicted octanol–water partition coefficient (Wildman–Crippen LogP) is 0.583. The summed E-state index contributed by atoms with van der Waals surface area (Å²) in [4.78, 5) is 17.7. The van der Waals surface area contributed by atoms with Gasteiger partial charge in [0.1, 0.15) is 6.04 Å². The van der Waals surface area contributed by atoms with E-state index >= 15 is 0 Å². The van der Waals surface area contributed by atoms with Gasteiger partial charge in [0.25, 0.3) is 0 Å². The average Bonchev–Trinajstić information content (AvgIpc) is 2.79. The van der Waals surface area contributed by atoms with Crippen molar-refractivity contribution in [1.82, 2.24) is 4.90 Å². The lowest BCUT2D eigenvalue weighted by molar-refractivity contribution is -0.121. The van der Waals surface area contributed by atoms with Crippen LogP contribution in [0.15, 0.2) is 4.99 Å². The fourth-order valence-electron chi connectivity index (χ4n) is 2.81. The molecule has 1 saturated carbocycles. The van der Waals surface area contributed by atoms with E-state index in [1.807, 2.05) is 4.90 Å². The molecule has 17 heavy (non-hydrogen) atoms. The summed E-state index contributed by atoms with van der Waals surface area (Å²) in [5, 5.41) is 0. The number of nitrogens with two attached hydrogens (primary N) is 2. The predicted molar refractivity (Wildman–Crippen MR) is 67.4 cm³/mol. The number of carbonyl (C=O) groups excluding carboxylic acids is 1. The minimum atomic E-state index is -0.288. The lowest BCUT2D eigenvalue weighted by atomic mass is 9.96. The highest BCUT2D eigenvalue weighted by molar-refractivity contribution is 5.88. The van der Waals surface area contributed by atoms with Crippen molar-refractivity contribution < 1.29 is 4.79 Å². The highest BCUT2D eigenvalue weighted by Gasteiger charge is 2.30. The van der Waals surface area contributed by atoms with Crippen LogP contribution in [0, 0.1) is 0 Å². The van der Waals surface area contributed by atoms with Crippen LogP contribution in [0.4, 0.5) is 0 Å². The fourth-order valence-corrected chi connectivity index (χ4v) is 2.81. The first-order valence-corrected chi connectivity index (χ1v) is 6.57. The van der Waals surface area contributed by atoms with E-state index in [0.717, 1.165) is 32.2 Å². The van der Waals surface area contributed by atoms with Gasteiger partial charge in [-0.15, -0.1) is 0 Å². The van der Waals surface area contributed by atoms with Crippen molar-refractivity contribution in [1.29, 1.82) is 0 Å². The second-order valence-corrected chi connectivity index (χ2v) is 5.03. The SMILES string of the molecule is NC(=O)C1CCCN1C(N)=NC1CCCCC1. The molecule has 2 aliphatic rings. The van der Waals surface area contributed by atoms with Gasteiger partial charge in [-0.25, -0.2) is 4.99 Å². The highest BCUT2D eigenvalue weighted by Crippen LogP contribution is 2.22. The lowest BCUT2D eigenvalue weighted by Gasteiger charge is -2.25. The molecule has 1 unspecified atom stereocenters. The van der Waals surface area contributed by atoms with E-state index in [1.54, 1.807) is 0 Å². The zero-order valence-corrected chi connectivity index (χ0v) is 10.3. The van der Waals surface area contributed by atoms with Crippen molar-refractivity contribution in [3.63, 3.8) is 0 Å². The number of hydrogen-bond acceptors (Lipinski definition) is 2. The molecule has 0 aromatic heterocycles. The van der Waals surface area contributed by atoms with E-state index < -0.39 is 0 Å². The Labute approximate surface area is 102 Å². The van der Waals surface area contributed by atoms with Gasteiger partial charge in [0.15, 0.2) is 5.96 Å². The van der Waals surface area contributed by atoms with Crippen molar-refractivity contribution in [3.8, 4) is 0 Å². The number of nitrogens with zero attached hydrogens (tertiary/aromatic N) is 2. The van der Waals surface area contributed by atoms with Crippen LogP contribution < -0.4 is 11.5 Å². The van der Waals surface area contributed by atoms with Crippen LogP contribution in [0.25, 0.3) is 0 Å². The Morgan fingerprint density at radius 1 is 1.06 bits per heavy atom. The molecule has 0 radical (unpaired) electrons. The number of carbonyl (C=O) groups is 1. The monoisotopic (exact) mass is 238 g/mol. The Kier molecular flexibility index (Phi) is 3.86. The fraction of sp³-hybridized carbons (Fsp3) is 0.833. The summed E-state index contributed by atoms with van der Waals surface area (Å²) in [6, 6.07) is 0.0974. The number of primary amides is 1.